The Hall–Kier alpha value is -3.40. The summed E-state index contributed by atoms with van der Waals surface area (Å²) in [5.74, 6) is -7.96. The van der Waals surface area contributed by atoms with Gasteiger partial charge in [0.2, 0.25) is 0 Å². The molecule has 2 fully saturated rings. The van der Waals surface area contributed by atoms with Crippen molar-refractivity contribution in [3.05, 3.63) is 88.7 Å². The Labute approximate surface area is 236 Å². The van der Waals surface area contributed by atoms with Crippen molar-refractivity contribution in [3.63, 3.8) is 0 Å². The molecule has 0 unspecified atom stereocenters. The molecule has 2 heterocycles. The second-order valence-corrected chi connectivity index (χ2v) is 9.89. The van der Waals surface area contributed by atoms with E-state index >= 15 is 0 Å². The molecule has 2 saturated heterocycles. The normalized spacial score (nSPS) is 22.3. The Bertz CT molecular complexity index is 1480. The number of halogens is 10. The number of ether oxygens (including phenoxy) is 5. The van der Waals surface area contributed by atoms with Crippen LogP contribution in [0.15, 0.2) is 54.6 Å². The minimum Gasteiger partial charge on any atom is -0.429 e. The third-order valence-corrected chi connectivity index (χ3v) is 6.76. The van der Waals surface area contributed by atoms with Gasteiger partial charge in [-0.1, -0.05) is 25.5 Å². The van der Waals surface area contributed by atoms with E-state index in [1.165, 1.54) is 12.1 Å². The van der Waals surface area contributed by atoms with Crippen LogP contribution in [0.2, 0.25) is 0 Å². The Morgan fingerprint density at radius 2 is 1.37 bits per heavy atom. The molecule has 0 amide bonds. The van der Waals surface area contributed by atoms with Crippen molar-refractivity contribution in [1.82, 2.24) is 0 Å². The fourth-order valence-corrected chi connectivity index (χ4v) is 4.89. The fourth-order valence-electron chi connectivity index (χ4n) is 4.89. The highest BCUT2D eigenvalue weighted by Gasteiger charge is 2.59. The predicted molar refractivity (Wildman–Crippen MR) is 126 cm³/mol. The lowest BCUT2D eigenvalue weighted by molar-refractivity contribution is -0.432. The summed E-state index contributed by atoms with van der Waals surface area (Å²) in [6, 6.07) is 6.92. The van der Waals surface area contributed by atoms with Gasteiger partial charge in [0, 0.05) is 17.2 Å². The molecule has 0 aliphatic carbocycles. The van der Waals surface area contributed by atoms with Crippen LogP contribution < -0.4 is 4.74 Å². The zero-order chi connectivity index (χ0) is 31.4. The van der Waals surface area contributed by atoms with E-state index in [1.54, 1.807) is 0 Å². The van der Waals surface area contributed by atoms with Crippen molar-refractivity contribution < 1.29 is 67.6 Å². The minimum absolute atomic E-state index is 0.138. The monoisotopic (exact) mass is 626 g/mol. The highest BCUT2D eigenvalue weighted by molar-refractivity contribution is 5.66. The maximum absolute atomic E-state index is 14.9. The van der Waals surface area contributed by atoms with E-state index in [0.717, 1.165) is 30.7 Å². The summed E-state index contributed by atoms with van der Waals surface area (Å²) in [7, 11) is 0. The van der Waals surface area contributed by atoms with Crippen LogP contribution >= 0.6 is 0 Å². The summed E-state index contributed by atoms with van der Waals surface area (Å²) in [5, 5.41) is 0. The van der Waals surface area contributed by atoms with Crippen molar-refractivity contribution in [2.24, 2.45) is 0 Å². The van der Waals surface area contributed by atoms with E-state index in [1.807, 2.05) is 6.92 Å². The third-order valence-electron chi connectivity index (χ3n) is 6.76. The highest BCUT2D eigenvalue weighted by Crippen LogP contribution is 2.49. The van der Waals surface area contributed by atoms with Gasteiger partial charge in [-0.3, -0.25) is 0 Å². The van der Waals surface area contributed by atoms with Crippen LogP contribution in [0, 0.1) is 17.5 Å². The Balaban J connectivity index is 1.33. The van der Waals surface area contributed by atoms with E-state index in [2.05, 4.69) is 9.47 Å². The van der Waals surface area contributed by atoms with Crippen LogP contribution in [0.1, 0.15) is 36.5 Å². The molecule has 0 atom stereocenters. The van der Waals surface area contributed by atoms with Crippen molar-refractivity contribution in [2.75, 3.05) is 13.2 Å². The van der Waals surface area contributed by atoms with Gasteiger partial charge in [0.25, 0.3) is 0 Å². The second-order valence-electron chi connectivity index (χ2n) is 9.89. The lowest BCUT2D eigenvalue weighted by Gasteiger charge is -2.25. The zero-order valence-electron chi connectivity index (χ0n) is 21.8. The van der Waals surface area contributed by atoms with Crippen molar-refractivity contribution in [3.8, 4) is 16.9 Å². The van der Waals surface area contributed by atoms with Crippen LogP contribution in [0.4, 0.5) is 43.9 Å². The van der Waals surface area contributed by atoms with Gasteiger partial charge in [-0.05, 0) is 48.4 Å². The molecule has 2 aliphatic heterocycles. The predicted octanol–water partition coefficient (Wildman–Crippen LogP) is 8.21. The molecule has 0 spiro atoms. The minimum atomic E-state index is -5.93. The molecule has 2 bridgehead atoms. The average Bonchev–Trinajstić information content (AvgIpc) is 3.44. The summed E-state index contributed by atoms with van der Waals surface area (Å²) >= 11 is 0. The lowest BCUT2D eigenvalue weighted by atomic mass is 10.0. The van der Waals surface area contributed by atoms with Crippen LogP contribution in [0.5, 0.6) is 5.75 Å². The number of benzene rings is 3. The SMILES string of the molecule is CCCC12COC(c3ccc(C(F)(F)Oc4ccc(-c5cc(F)c(C(F)(F)OC(F)(F)F)c(F)c5)c(F)c4)cc3)(OC1)O2. The van der Waals surface area contributed by atoms with Gasteiger partial charge in [0.15, 0.2) is 0 Å². The lowest BCUT2D eigenvalue weighted by Crippen LogP contribution is -2.35. The first-order chi connectivity index (χ1) is 20.0. The Morgan fingerprint density at radius 3 is 1.91 bits per heavy atom. The van der Waals surface area contributed by atoms with Crippen LogP contribution in [0.25, 0.3) is 11.1 Å². The van der Waals surface area contributed by atoms with Crippen molar-refractivity contribution in [2.45, 2.75) is 49.9 Å². The first kappa shape index (κ1) is 31.0. The number of hydrogen-bond donors (Lipinski definition) is 0. The summed E-state index contributed by atoms with van der Waals surface area (Å²) in [6.07, 6.45) is -13.9. The molecule has 2 aliphatic rings. The highest BCUT2D eigenvalue weighted by atomic mass is 19.4. The zero-order valence-corrected chi connectivity index (χ0v) is 21.8. The molecule has 0 N–H and O–H groups in total. The quantitative estimate of drug-likeness (QED) is 0.224. The largest absolute Gasteiger partial charge is 0.527 e. The smallest absolute Gasteiger partial charge is 0.429 e. The summed E-state index contributed by atoms with van der Waals surface area (Å²) in [5.41, 5.74) is -4.68. The fraction of sp³-hybridized carbons (Fsp3) is 0.357. The molecule has 5 nitrogen and oxygen atoms in total. The van der Waals surface area contributed by atoms with Gasteiger partial charge < -0.3 is 18.9 Å². The van der Waals surface area contributed by atoms with E-state index < -0.39 is 75.6 Å². The first-order valence-corrected chi connectivity index (χ1v) is 12.6. The van der Waals surface area contributed by atoms with Crippen molar-refractivity contribution >= 4 is 0 Å². The first-order valence-electron chi connectivity index (χ1n) is 12.6. The number of hydrogen-bond acceptors (Lipinski definition) is 5. The summed E-state index contributed by atoms with van der Waals surface area (Å²) in [4.78, 5) is 0. The second kappa shape index (κ2) is 10.6. The van der Waals surface area contributed by atoms with Gasteiger partial charge >= 0.3 is 24.6 Å². The molecule has 0 aromatic heterocycles. The molecule has 0 radical (unpaired) electrons. The van der Waals surface area contributed by atoms with Crippen molar-refractivity contribution in [1.29, 1.82) is 0 Å². The van der Waals surface area contributed by atoms with E-state index in [4.69, 9.17) is 14.2 Å². The summed E-state index contributed by atoms with van der Waals surface area (Å²) in [6.45, 7) is 2.51. The Kier molecular flexibility index (Phi) is 7.68. The topological polar surface area (TPSA) is 46.2 Å². The van der Waals surface area contributed by atoms with Gasteiger partial charge in [-0.25, -0.2) is 17.9 Å². The third kappa shape index (κ3) is 6.03. The molecule has 0 saturated carbocycles. The average molecular weight is 626 g/mol. The number of alkyl halides is 7. The molecular formula is C28H20F10O5. The number of fused-ring (bicyclic) bond motifs is 2. The molecule has 15 heteroatoms. The molecule has 3 aromatic carbocycles. The van der Waals surface area contributed by atoms with E-state index in [9.17, 15) is 43.9 Å². The summed E-state index contributed by atoms with van der Waals surface area (Å²) < 4.78 is 162. The molecule has 43 heavy (non-hydrogen) atoms. The standard InChI is InChI=1S/C28H20F10O5/c1-2-9-24-13-39-27(42-24,40-14-24)17-5-3-16(4-6-17)25(32,33)41-18-7-8-19(20(29)12-18)15-10-21(30)23(22(31)11-15)26(34,35)43-28(36,37)38/h3-8,10-12H,2,9,13-14H2,1H3. The van der Waals surface area contributed by atoms with Gasteiger partial charge in [0.05, 0.1) is 18.8 Å². The Morgan fingerprint density at radius 1 is 0.767 bits per heavy atom. The van der Waals surface area contributed by atoms with Crippen LogP contribution in [-0.2, 0) is 37.1 Å². The molecule has 232 valence electrons. The van der Waals surface area contributed by atoms with Crippen LogP contribution in [0.3, 0.4) is 0 Å². The molecular weight excluding hydrogens is 606 g/mol. The maximum atomic E-state index is 14.9. The molecule has 5 rings (SSSR count). The number of rotatable bonds is 9. The van der Waals surface area contributed by atoms with E-state index in [0.29, 0.717) is 18.1 Å². The maximum Gasteiger partial charge on any atom is 0.527 e. The van der Waals surface area contributed by atoms with Gasteiger partial charge in [-0.2, -0.15) is 17.6 Å². The van der Waals surface area contributed by atoms with Gasteiger partial charge in [0.1, 0.15) is 34.4 Å². The van der Waals surface area contributed by atoms with E-state index in [-0.39, 0.29) is 25.3 Å². The van der Waals surface area contributed by atoms with Crippen LogP contribution in [-0.4, -0.2) is 25.2 Å². The van der Waals surface area contributed by atoms with Gasteiger partial charge in [-0.15, -0.1) is 13.2 Å². The molecule has 3 aromatic rings.